The molecular formula is C16H20N4OS. The Bertz CT molecular complexity index is 742. The van der Waals surface area contributed by atoms with Gasteiger partial charge in [-0.05, 0) is 18.7 Å². The molecule has 0 aliphatic rings. The van der Waals surface area contributed by atoms with Gasteiger partial charge in [0.15, 0.2) is 0 Å². The summed E-state index contributed by atoms with van der Waals surface area (Å²) in [6.45, 7) is 7.83. The number of aromatic nitrogens is 3. The van der Waals surface area contributed by atoms with Crippen molar-refractivity contribution in [1.29, 1.82) is 0 Å². The average molecular weight is 316 g/mol. The van der Waals surface area contributed by atoms with Gasteiger partial charge in [-0.3, -0.25) is 4.79 Å². The summed E-state index contributed by atoms with van der Waals surface area (Å²) in [5, 5.41) is 13.0. The lowest BCUT2D eigenvalue weighted by Gasteiger charge is -2.16. The third kappa shape index (κ3) is 3.62. The van der Waals surface area contributed by atoms with Gasteiger partial charge in [0.1, 0.15) is 5.69 Å². The fourth-order valence-corrected chi connectivity index (χ4v) is 2.27. The molecule has 1 aromatic carbocycles. The van der Waals surface area contributed by atoms with E-state index in [1.54, 1.807) is 6.21 Å². The van der Waals surface area contributed by atoms with Crippen molar-refractivity contribution in [3.63, 3.8) is 0 Å². The maximum Gasteiger partial charge on any atom is 0.297 e. The summed E-state index contributed by atoms with van der Waals surface area (Å²) in [7, 11) is 0. The van der Waals surface area contributed by atoms with Crippen LogP contribution in [0.15, 0.2) is 39.3 Å². The number of aryl methyl sites for hydroxylation is 1. The minimum Gasteiger partial charge on any atom is -0.265 e. The van der Waals surface area contributed by atoms with Crippen molar-refractivity contribution >= 4 is 18.0 Å². The van der Waals surface area contributed by atoms with Crippen molar-refractivity contribution < 1.29 is 0 Å². The van der Waals surface area contributed by atoms with Gasteiger partial charge < -0.3 is 0 Å². The molecule has 5 nitrogen and oxygen atoms in total. The van der Waals surface area contributed by atoms with Crippen LogP contribution in [0.2, 0.25) is 0 Å². The molecule has 0 aliphatic carbocycles. The van der Waals surface area contributed by atoms with E-state index in [1.807, 2.05) is 58.2 Å². The first-order valence-corrected chi connectivity index (χ1v) is 8.20. The monoisotopic (exact) mass is 316 g/mol. The van der Waals surface area contributed by atoms with E-state index in [0.29, 0.717) is 10.9 Å². The van der Waals surface area contributed by atoms with Crippen molar-refractivity contribution in [3.05, 3.63) is 51.4 Å². The molecule has 1 heterocycles. The zero-order valence-electron chi connectivity index (χ0n) is 13.5. The molecule has 1 aromatic heterocycles. The van der Waals surface area contributed by atoms with Crippen LogP contribution in [0.25, 0.3) is 0 Å². The summed E-state index contributed by atoms with van der Waals surface area (Å²) in [6.07, 6.45) is 3.51. The lowest BCUT2D eigenvalue weighted by Crippen LogP contribution is -2.32. The molecule has 22 heavy (non-hydrogen) atoms. The van der Waals surface area contributed by atoms with Crippen LogP contribution in [0.1, 0.15) is 37.6 Å². The van der Waals surface area contributed by atoms with Gasteiger partial charge in [0.2, 0.25) is 5.16 Å². The normalized spacial score (nSPS) is 12.0. The Morgan fingerprint density at radius 3 is 2.36 bits per heavy atom. The fraction of sp³-hybridized carbons (Fsp3) is 0.375. The van der Waals surface area contributed by atoms with Gasteiger partial charge in [-0.15, -0.1) is 10.2 Å². The molecule has 2 aromatic rings. The smallest absolute Gasteiger partial charge is 0.265 e. The number of hydrogen-bond donors (Lipinski definition) is 0. The summed E-state index contributed by atoms with van der Waals surface area (Å²) in [4.78, 5) is 12.6. The maximum atomic E-state index is 12.6. The highest BCUT2D eigenvalue weighted by molar-refractivity contribution is 7.98. The van der Waals surface area contributed by atoms with E-state index in [9.17, 15) is 4.79 Å². The van der Waals surface area contributed by atoms with E-state index in [-0.39, 0.29) is 11.0 Å². The van der Waals surface area contributed by atoms with Crippen LogP contribution in [0.3, 0.4) is 0 Å². The third-order valence-corrected chi connectivity index (χ3v) is 3.72. The van der Waals surface area contributed by atoms with Crippen LogP contribution in [0.4, 0.5) is 0 Å². The van der Waals surface area contributed by atoms with Crippen molar-refractivity contribution in [2.24, 2.45) is 5.10 Å². The van der Waals surface area contributed by atoms with E-state index < -0.39 is 0 Å². The Morgan fingerprint density at radius 1 is 1.18 bits per heavy atom. The van der Waals surface area contributed by atoms with Crippen molar-refractivity contribution in [1.82, 2.24) is 14.9 Å². The van der Waals surface area contributed by atoms with E-state index in [0.717, 1.165) is 5.56 Å². The van der Waals surface area contributed by atoms with Crippen LogP contribution in [-0.2, 0) is 5.41 Å². The molecular weight excluding hydrogens is 296 g/mol. The number of thioether (sulfide) groups is 1. The van der Waals surface area contributed by atoms with Gasteiger partial charge in [0.05, 0.1) is 6.21 Å². The standard InChI is InChI=1S/C16H20N4OS/c1-11-6-8-12(9-7-11)10-17-20-14(21)13(16(2,3)4)18-19-15(20)22-5/h6-10H,1-5H3/b17-10+. The van der Waals surface area contributed by atoms with Gasteiger partial charge >= 0.3 is 0 Å². The summed E-state index contributed by atoms with van der Waals surface area (Å²) >= 11 is 1.34. The Kier molecular flexibility index (Phi) is 4.81. The summed E-state index contributed by atoms with van der Waals surface area (Å²) in [6, 6.07) is 7.93. The second-order valence-corrected chi connectivity index (χ2v) is 6.83. The molecule has 0 atom stereocenters. The SMILES string of the molecule is CSc1nnc(C(C)(C)C)c(=O)n1/N=C/c1ccc(C)cc1. The minimum absolute atomic E-state index is 0.227. The molecule has 0 aliphatic heterocycles. The van der Waals surface area contributed by atoms with Gasteiger partial charge in [0.25, 0.3) is 5.56 Å². The van der Waals surface area contributed by atoms with Crippen LogP contribution >= 0.6 is 11.8 Å². The number of nitrogens with zero attached hydrogens (tertiary/aromatic N) is 4. The molecule has 0 spiro atoms. The number of hydrogen-bond acceptors (Lipinski definition) is 5. The molecule has 0 radical (unpaired) electrons. The lowest BCUT2D eigenvalue weighted by atomic mass is 9.93. The maximum absolute atomic E-state index is 12.6. The van der Waals surface area contributed by atoms with E-state index in [4.69, 9.17) is 0 Å². The second kappa shape index (κ2) is 6.44. The Labute approximate surface area is 134 Å². The first kappa shape index (κ1) is 16.4. The Hall–Kier alpha value is -1.95. The fourth-order valence-electron chi connectivity index (χ4n) is 1.84. The predicted molar refractivity (Wildman–Crippen MR) is 90.9 cm³/mol. The Balaban J connectivity index is 2.49. The number of benzene rings is 1. The van der Waals surface area contributed by atoms with E-state index >= 15 is 0 Å². The number of rotatable bonds is 3. The highest BCUT2D eigenvalue weighted by atomic mass is 32.2. The highest BCUT2D eigenvalue weighted by Gasteiger charge is 2.23. The predicted octanol–water partition coefficient (Wildman–Crippen LogP) is 2.85. The lowest BCUT2D eigenvalue weighted by molar-refractivity contribution is 0.510. The molecule has 0 fully saturated rings. The van der Waals surface area contributed by atoms with Crippen LogP contribution in [0.5, 0.6) is 0 Å². The zero-order chi connectivity index (χ0) is 16.3. The van der Waals surface area contributed by atoms with Crippen LogP contribution in [-0.4, -0.2) is 27.3 Å². The van der Waals surface area contributed by atoms with E-state index in [2.05, 4.69) is 15.3 Å². The minimum atomic E-state index is -0.373. The van der Waals surface area contributed by atoms with Gasteiger partial charge in [0, 0.05) is 5.41 Å². The Morgan fingerprint density at radius 2 is 1.82 bits per heavy atom. The largest absolute Gasteiger partial charge is 0.297 e. The average Bonchev–Trinajstić information content (AvgIpc) is 2.46. The second-order valence-electron chi connectivity index (χ2n) is 6.06. The van der Waals surface area contributed by atoms with E-state index in [1.165, 1.54) is 22.0 Å². The molecule has 0 bridgehead atoms. The summed E-state index contributed by atoms with van der Waals surface area (Å²) in [5.74, 6) is 0. The van der Waals surface area contributed by atoms with Gasteiger partial charge in [-0.1, -0.05) is 62.4 Å². The summed E-state index contributed by atoms with van der Waals surface area (Å²) < 4.78 is 1.32. The third-order valence-electron chi connectivity index (χ3n) is 3.10. The highest BCUT2D eigenvalue weighted by Crippen LogP contribution is 2.17. The van der Waals surface area contributed by atoms with Gasteiger partial charge in [-0.25, -0.2) is 0 Å². The first-order chi connectivity index (χ1) is 10.3. The molecule has 0 saturated carbocycles. The quantitative estimate of drug-likeness (QED) is 0.645. The van der Waals surface area contributed by atoms with Crippen LogP contribution in [0, 0.1) is 6.92 Å². The van der Waals surface area contributed by atoms with Gasteiger partial charge in [-0.2, -0.15) is 9.78 Å². The molecule has 2 rings (SSSR count). The summed E-state index contributed by atoms with van der Waals surface area (Å²) in [5.41, 5.74) is 1.92. The van der Waals surface area contributed by atoms with Crippen molar-refractivity contribution in [2.45, 2.75) is 38.3 Å². The van der Waals surface area contributed by atoms with Crippen molar-refractivity contribution in [2.75, 3.05) is 6.26 Å². The molecule has 6 heteroatoms. The zero-order valence-corrected chi connectivity index (χ0v) is 14.3. The molecule has 116 valence electrons. The molecule has 0 unspecified atom stereocenters. The van der Waals surface area contributed by atoms with Crippen LogP contribution < -0.4 is 5.56 Å². The molecule has 0 N–H and O–H groups in total. The first-order valence-electron chi connectivity index (χ1n) is 6.98. The molecule has 0 amide bonds. The molecule has 0 saturated heterocycles. The topological polar surface area (TPSA) is 60.1 Å². The van der Waals surface area contributed by atoms with Crippen molar-refractivity contribution in [3.8, 4) is 0 Å².